The standard InChI is InChI=1S/C13H26N2O/c1-11(14-2)13-7-3-4-8-15(13)10-12-6-5-9-16-12/h11-14H,3-10H2,1-2H3. The number of hydrogen-bond donors (Lipinski definition) is 1. The van der Waals surface area contributed by atoms with E-state index in [-0.39, 0.29) is 0 Å². The maximum Gasteiger partial charge on any atom is 0.0702 e. The Balaban J connectivity index is 1.87. The zero-order chi connectivity index (χ0) is 11.4. The summed E-state index contributed by atoms with van der Waals surface area (Å²) in [5.74, 6) is 0. The van der Waals surface area contributed by atoms with Gasteiger partial charge in [0.1, 0.15) is 0 Å². The van der Waals surface area contributed by atoms with Gasteiger partial charge >= 0.3 is 0 Å². The molecule has 3 nitrogen and oxygen atoms in total. The summed E-state index contributed by atoms with van der Waals surface area (Å²) in [4.78, 5) is 2.65. The van der Waals surface area contributed by atoms with E-state index in [0.29, 0.717) is 18.2 Å². The quantitative estimate of drug-likeness (QED) is 0.788. The number of rotatable bonds is 4. The molecule has 0 aliphatic carbocycles. The lowest BCUT2D eigenvalue weighted by Crippen LogP contribution is -2.52. The average molecular weight is 226 g/mol. The molecule has 0 aromatic heterocycles. The van der Waals surface area contributed by atoms with Crippen molar-refractivity contribution in [2.75, 3.05) is 26.7 Å². The first-order valence-electron chi connectivity index (χ1n) is 6.84. The molecule has 0 amide bonds. The van der Waals surface area contributed by atoms with Crippen LogP contribution in [0.5, 0.6) is 0 Å². The second-order valence-electron chi connectivity index (χ2n) is 5.27. The Morgan fingerprint density at radius 1 is 1.31 bits per heavy atom. The summed E-state index contributed by atoms with van der Waals surface area (Å²) in [5.41, 5.74) is 0. The molecule has 0 bridgehead atoms. The van der Waals surface area contributed by atoms with Gasteiger partial charge in [-0.3, -0.25) is 4.90 Å². The Kier molecular flexibility index (Phi) is 4.62. The van der Waals surface area contributed by atoms with E-state index >= 15 is 0 Å². The van der Waals surface area contributed by atoms with E-state index in [1.807, 2.05) is 0 Å². The first kappa shape index (κ1) is 12.3. The fourth-order valence-corrected chi connectivity index (χ4v) is 3.05. The smallest absolute Gasteiger partial charge is 0.0702 e. The van der Waals surface area contributed by atoms with Gasteiger partial charge < -0.3 is 10.1 Å². The third-order valence-corrected chi connectivity index (χ3v) is 4.16. The molecule has 0 radical (unpaired) electrons. The molecule has 1 N–H and O–H groups in total. The topological polar surface area (TPSA) is 24.5 Å². The summed E-state index contributed by atoms with van der Waals surface area (Å²) >= 11 is 0. The lowest BCUT2D eigenvalue weighted by atomic mass is 9.96. The third-order valence-electron chi connectivity index (χ3n) is 4.16. The van der Waals surface area contributed by atoms with Crippen LogP contribution in [0.3, 0.4) is 0 Å². The summed E-state index contributed by atoms with van der Waals surface area (Å²) in [6.45, 7) is 5.69. The SMILES string of the molecule is CNC(C)C1CCCCN1CC1CCCO1. The minimum Gasteiger partial charge on any atom is -0.377 e. The Morgan fingerprint density at radius 3 is 2.88 bits per heavy atom. The van der Waals surface area contributed by atoms with E-state index in [0.717, 1.165) is 13.2 Å². The third kappa shape index (κ3) is 2.96. The van der Waals surface area contributed by atoms with E-state index in [1.54, 1.807) is 0 Å². The minimum absolute atomic E-state index is 0.504. The normalized spacial score (nSPS) is 34.1. The molecule has 3 heteroatoms. The van der Waals surface area contributed by atoms with E-state index < -0.39 is 0 Å². The van der Waals surface area contributed by atoms with Crippen molar-refractivity contribution in [1.82, 2.24) is 10.2 Å². The molecule has 0 aromatic carbocycles. The number of ether oxygens (including phenoxy) is 1. The Morgan fingerprint density at radius 2 is 2.19 bits per heavy atom. The summed E-state index contributed by atoms with van der Waals surface area (Å²) in [5, 5.41) is 3.41. The van der Waals surface area contributed by atoms with Crippen LogP contribution in [0.25, 0.3) is 0 Å². The van der Waals surface area contributed by atoms with Crippen LogP contribution in [-0.2, 0) is 4.74 Å². The summed E-state index contributed by atoms with van der Waals surface area (Å²) in [6, 6.07) is 1.31. The van der Waals surface area contributed by atoms with E-state index in [4.69, 9.17) is 4.74 Å². The fraction of sp³-hybridized carbons (Fsp3) is 1.00. The lowest BCUT2D eigenvalue weighted by Gasteiger charge is -2.40. The van der Waals surface area contributed by atoms with Crippen molar-refractivity contribution in [3.05, 3.63) is 0 Å². The first-order valence-corrected chi connectivity index (χ1v) is 6.84. The average Bonchev–Trinajstić information content (AvgIpc) is 2.82. The molecule has 0 saturated carbocycles. The lowest BCUT2D eigenvalue weighted by molar-refractivity contribution is 0.0363. The van der Waals surface area contributed by atoms with Gasteiger partial charge in [0.05, 0.1) is 6.10 Å². The minimum atomic E-state index is 0.504. The number of likely N-dealkylation sites (tertiary alicyclic amines) is 1. The highest BCUT2D eigenvalue weighted by atomic mass is 16.5. The number of nitrogens with one attached hydrogen (secondary N) is 1. The van der Waals surface area contributed by atoms with Crippen molar-refractivity contribution in [3.8, 4) is 0 Å². The van der Waals surface area contributed by atoms with Gasteiger partial charge in [-0.05, 0) is 46.2 Å². The highest BCUT2D eigenvalue weighted by Gasteiger charge is 2.29. The zero-order valence-electron chi connectivity index (χ0n) is 10.7. The van der Waals surface area contributed by atoms with Crippen LogP contribution in [0.15, 0.2) is 0 Å². The molecule has 2 aliphatic rings. The van der Waals surface area contributed by atoms with E-state index in [2.05, 4.69) is 24.2 Å². The van der Waals surface area contributed by atoms with E-state index in [9.17, 15) is 0 Å². The second kappa shape index (κ2) is 5.99. The van der Waals surface area contributed by atoms with Gasteiger partial charge in [-0.25, -0.2) is 0 Å². The maximum absolute atomic E-state index is 5.76. The van der Waals surface area contributed by atoms with Crippen LogP contribution < -0.4 is 5.32 Å². The first-order chi connectivity index (χ1) is 7.81. The molecule has 0 spiro atoms. The summed E-state index contributed by atoms with van der Waals surface area (Å²) in [6.07, 6.45) is 7.11. The van der Waals surface area contributed by atoms with Gasteiger partial charge in [0, 0.05) is 25.2 Å². The largest absolute Gasteiger partial charge is 0.377 e. The molecule has 3 unspecified atom stereocenters. The second-order valence-corrected chi connectivity index (χ2v) is 5.27. The van der Waals surface area contributed by atoms with Crippen LogP contribution >= 0.6 is 0 Å². The van der Waals surface area contributed by atoms with Crippen LogP contribution in [0.2, 0.25) is 0 Å². The molecule has 2 rings (SSSR count). The molecule has 2 saturated heterocycles. The van der Waals surface area contributed by atoms with Gasteiger partial charge in [-0.1, -0.05) is 6.42 Å². The molecule has 2 aliphatic heterocycles. The van der Waals surface area contributed by atoms with Crippen LogP contribution in [0.4, 0.5) is 0 Å². The zero-order valence-corrected chi connectivity index (χ0v) is 10.7. The summed E-state index contributed by atoms with van der Waals surface area (Å²) < 4.78 is 5.76. The van der Waals surface area contributed by atoms with Crippen molar-refractivity contribution in [1.29, 1.82) is 0 Å². The molecule has 94 valence electrons. The monoisotopic (exact) mass is 226 g/mol. The molecule has 16 heavy (non-hydrogen) atoms. The van der Waals surface area contributed by atoms with Gasteiger partial charge in [-0.15, -0.1) is 0 Å². The Hall–Kier alpha value is -0.120. The van der Waals surface area contributed by atoms with Crippen LogP contribution in [0, 0.1) is 0 Å². The Bertz CT molecular complexity index is 204. The number of likely N-dealkylation sites (N-methyl/N-ethyl adjacent to an activating group) is 1. The number of nitrogens with zero attached hydrogens (tertiary/aromatic N) is 1. The van der Waals surface area contributed by atoms with Gasteiger partial charge in [0.15, 0.2) is 0 Å². The van der Waals surface area contributed by atoms with Crippen molar-refractivity contribution in [3.63, 3.8) is 0 Å². The van der Waals surface area contributed by atoms with Crippen LogP contribution in [-0.4, -0.2) is 49.8 Å². The van der Waals surface area contributed by atoms with Gasteiger partial charge in [0.25, 0.3) is 0 Å². The summed E-state index contributed by atoms with van der Waals surface area (Å²) in [7, 11) is 2.07. The maximum atomic E-state index is 5.76. The molecular formula is C13H26N2O. The predicted molar refractivity (Wildman–Crippen MR) is 66.7 cm³/mol. The molecule has 2 fully saturated rings. The number of hydrogen-bond acceptors (Lipinski definition) is 3. The molecule has 2 heterocycles. The fourth-order valence-electron chi connectivity index (χ4n) is 3.05. The van der Waals surface area contributed by atoms with Crippen molar-refractivity contribution in [2.24, 2.45) is 0 Å². The molecule has 0 aromatic rings. The van der Waals surface area contributed by atoms with Crippen LogP contribution in [0.1, 0.15) is 39.0 Å². The highest BCUT2D eigenvalue weighted by molar-refractivity contribution is 4.86. The molecule has 3 atom stereocenters. The molecular weight excluding hydrogens is 200 g/mol. The number of piperidine rings is 1. The van der Waals surface area contributed by atoms with Gasteiger partial charge in [0.2, 0.25) is 0 Å². The van der Waals surface area contributed by atoms with E-state index in [1.165, 1.54) is 38.6 Å². The van der Waals surface area contributed by atoms with Crippen molar-refractivity contribution >= 4 is 0 Å². The predicted octanol–water partition coefficient (Wildman–Crippen LogP) is 1.63. The highest BCUT2D eigenvalue weighted by Crippen LogP contribution is 2.22. The van der Waals surface area contributed by atoms with Crippen molar-refractivity contribution in [2.45, 2.75) is 57.2 Å². The van der Waals surface area contributed by atoms with Gasteiger partial charge in [-0.2, -0.15) is 0 Å². The Labute approximate surface area is 99.5 Å². The van der Waals surface area contributed by atoms with Crippen molar-refractivity contribution < 1.29 is 4.74 Å².